The van der Waals surface area contributed by atoms with Crippen LogP contribution in [0.3, 0.4) is 0 Å². The maximum atomic E-state index is 13.5. The lowest BCUT2D eigenvalue weighted by Gasteiger charge is -2.14. The number of benzene rings is 3. The molecule has 0 fully saturated rings. The van der Waals surface area contributed by atoms with Crippen molar-refractivity contribution in [3.63, 3.8) is 0 Å². The summed E-state index contributed by atoms with van der Waals surface area (Å²) < 4.78 is 1.32. The number of aromatic hydroxyl groups is 1. The normalized spacial score (nSPS) is 13.0. The van der Waals surface area contributed by atoms with Crippen molar-refractivity contribution in [1.29, 1.82) is 0 Å². The van der Waals surface area contributed by atoms with E-state index in [0.29, 0.717) is 39.1 Å². The number of aryl methyl sites for hydroxylation is 2. The van der Waals surface area contributed by atoms with Crippen LogP contribution in [-0.2, 0) is 19.4 Å². The van der Waals surface area contributed by atoms with Crippen LogP contribution in [0.5, 0.6) is 5.88 Å². The van der Waals surface area contributed by atoms with Crippen molar-refractivity contribution in [2.75, 3.05) is 0 Å². The number of carbonyl (C=O) groups is 1. The molecular weight excluding hydrogens is 518 g/mol. The molecule has 0 aliphatic heterocycles. The first-order valence-corrected chi connectivity index (χ1v) is 14.3. The van der Waals surface area contributed by atoms with E-state index in [1.807, 2.05) is 79.7 Å². The maximum absolute atomic E-state index is 13.5. The van der Waals surface area contributed by atoms with E-state index in [1.54, 1.807) is 12.3 Å². The number of rotatable bonds is 6. The Morgan fingerprint density at radius 2 is 1.68 bits per heavy atom. The van der Waals surface area contributed by atoms with Gasteiger partial charge < -0.3 is 10.4 Å². The highest BCUT2D eigenvalue weighted by Gasteiger charge is 2.25. The number of thiophene rings is 1. The average Bonchev–Trinajstić information content (AvgIpc) is 3.36. The second-order valence-corrected chi connectivity index (χ2v) is 11.2. The molecule has 0 bridgehead atoms. The van der Waals surface area contributed by atoms with Gasteiger partial charge in [-0.3, -0.25) is 9.59 Å². The zero-order valence-corrected chi connectivity index (χ0v) is 23.0. The number of aliphatic imine (C=N–C) groups is 1. The number of nitrogens with zero attached hydrogens (tertiary/aromatic N) is 2. The summed E-state index contributed by atoms with van der Waals surface area (Å²) in [5, 5.41) is 16.2. The third kappa shape index (κ3) is 4.84. The first-order valence-electron chi connectivity index (χ1n) is 13.5. The van der Waals surface area contributed by atoms with Crippen molar-refractivity contribution in [3.05, 3.63) is 122 Å². The molecule has 0 saturated carbocycles. The van der Waals surface area contributed by atoms with Gasteiger partial charge >= 0.3 is 0 Å². The lowest BCUT2D eigenvalue weighted by Crippen LogP contribution is -2.24. The molecule has 0 atom stereocenters. The van der Waals surface area contributed by atoms with Crippen LogP contribution in [0.1, 0.15) is 50.3 Å². The standard InChI is InChI=1S/C33H29N3O3S/c1-21-15-17-23(18-16-21)36-32(38)25-12-6-5-11-24(25)27(33(36)39)20-35-31-29(26-13-7-8-14-28(26)40-31)30(37)34-19-22-9-3-2-4-10-22/h2-6,9-12,15-18,20,39H,7-8,13-14,19H2,1H3,(H,34,37)/b35-20+. The number of fused-ring (bicyclic) bond motifs is 2. The second-order valence-electron chi connectivity index (χ2n) is 10.1. The van der Waals surface area contributed by atoms with Gasteiger partial charge in [0.2, 0.25) is 5.88 Å². The van der Waals surface area contributed by atoms with Crippen LogP contribution < -0.4 is 10.9 Å². The molecule has 6 nitrogen and oxygen atoms in total. The maximum Gasteiger partial charge on any atom is 0.265 e. The monoisotopic (exact) mass is 547 g/mol. The van der Waals surface area contributed by atoms with Gasteiger partial charge in [-0.1, -0.05) is 66.2 Å². The fourth-order valence-electron chi connectivity index (χ4n) is 5.29. The van der Waals surface area contributed by atoms with Crippen molar-refractivity contribution in [2.24, 2.45) is 4.99 Å². The summed E-state index contributed by atoms with van der Waals surface area (Å²) in [7, 11) is 0. The predicted molar refractivity (Wildman–Crippen MR) is 162 cm³/mol. The van der Waals surface area contributed by atoms with Gasteiger partial charge in [0.15, 0.2) is 0 Å². The van der Waals surface area contributed by atoms with E-state index in [-0.39, 0.29) is 17.3 Å². The van der Waals surface area contributed by atoms with Gasteiger partial charge in [0, 0.05) is 28.4 Å². The molecular formula is C33H29N3O3S. The Labute approximate surface area is 236 Å². The number of amides is 1. The van der Waals surface area contributed by atoms with Crippen LogP contribution in [0.4, 0.5) is 5.00 Å². The second kappa shape index (κ2) is 10.9. The Hall–Kier alpha value is -4.49. The number of hydrogen-bond donors (Lipinski definition) is 2. The van der Waals surface area contributed by atoms with E-state index in [9.17, 15) is 14.7 Å². The zero-order valence-electron chi connectivity index (χ0n) is 22.2. The molecule has 2 N–H and O–H groups in total. The summed E-state index contributed by atoms with van der Waals surface area (Å²) in [5.74, 6) is -0.332. The van der Waals surface area contributed by atoms with E-state index < -0.39 is 0 Å². The first kappa shape index (κ1) is 25.8. The van der Waals surface area contributed by atoms with Crippen LogP contribution in [-0.4, -0.2) is 21.8 Å². The molecule has 0 unspecified atom stereocenters. The SMILES string of the molecule is Cc1ccc(-n2c(O)c(/C=N/c3sc4c(c3C(=O)NCc3ccccc3)CCCC4)c3ccccc3c2=O)cc1. The molecule has 0 spiro atoms. The Kier molecular flexibility index (Phi) is 7.05. The molecule has 40 heavy (non-hydrogen) atoms. The fourth-order valence-corrected chi connectivity index (χ4v) is 6.52. The molecule has 0 radical (unpaired) electrons. The molecule has 1 amide bonds. The number of nitrogens with one attached hydrogen (secondary N) is 1. The number of aromatic nitrogens is 1. The number of carbonyl (C=O) groups excluding carboxylic acids is 1. The number of hydrogen-bond acceptors (Lipinski definition) is 5. The summed E-state index contributed by atoms with van der Waals surface area (Å²) in [5.41, 5.74) is 4.47. The third-order valence-corrected chi connectivity index (χ3v) is 8.58. The average molecular weight is 548 g/mol. The summed E-state index contributed by atoms with van der Waals surface area (Å²) >= 11 is 1.54. The Morgan fingerprint density at radius 3 is 2.45 bits per heavy atom. The molecule has 0 saturated heterocycles. The largest absolute Gasteiger partial charge is 0.494 e. The Balaban J connectivity index is 1.44. The van der Waals surface area contributed by atoms with Crippen molar-refractivity contribution >= 4 is 39.2 Å². The molecule has 1 aliphatic carbocycles. The Bertz CT molecular complexity index is 1800. The molecule has 200 valence electrons. The zero-order chi connectivity index (χ0) is 27.6. The van der Waals surface area contributed by atoms with Crippen molar-refractivity contribution in [1.82, 2.24) is 9.88 Å². The van der Waals surface area contributed by atoms with Crippen LogP contribution >= 0.6 is 11.3 Å². The van der Waals surface area contributed by atoms with Crippen LogP contribution in [0, 0.1) is 6.92 Å². The van der Waals surface area contributed by atoms with E-state index in [1.165, 1.54) is 20.8 Å². The van der Waals surface area contributed by atoms with Crippen LogP contribution in [0.25, 0.3) is 16.5 Å². The van der Waals surface area contributed by atoms with E-state index >= 15 is 0 Å². The van der Waals surface area contributed by atoms with Gasteiger partial charge in [0.05, 0.1) is 16.8 Å². The number of pyridine rings is 1. The molecule has 2 heterocycles. The molecule has 6 rings (SSSR count). The van der Waals surface area contributed by atoms with Gasteiger partial charge in [-0.2, -0.15) is 0 Å². The minimum atomic E-state index is -0.304. The van der Waals surface area contributed by atoms with Gasteiger partial charge in [0.25, 0.3) is 11.5 Å². The summed E-state index contributed by atoms with van der Waals surface area (Å²) in [6.07, 6.45) is 5.50. The van der Waals surface area contributed by atoms with Gasteiger partial charge in [-0.05, 0) is 61.9 Å². The summed E-state index contributed by atoms with van der Waals surface area (Å²) in [6.45, 7) is 2.40. The van der Waals surface area contributed by atoms with E-state index in [2.05, 4.69) is 5.32 Å². The third-order valence-electron chi connectivity index (χ3n) is 7.38. The van der Waals surface area contributed by atoms with Crippen LogP contribution in [0.2, 0.25) is 0 Å². The molecule has 5 aromatic rings. The smallest absolute Gasteiger partial charge is 0.265 e. The van der Waals surface area contributed by atoms with Crippen molar-refractivity contribution < 1.29 is 9.90 Å². The first-order chi connectivity index (χ1) is 19.5. The summed E-state index contributed by atoms with van der Waals surface area (Å²) in [6, 6.07) is 24.5. The molecule has 7 heteroatoms. The Morgan fingerprint density at radius 1 is 0.975 bits per heavy atom. The highest BCUT2D eigenvalue weighted by Crippen LogP contribution is 2.40. The highest BCUT2D eigenvalue weighted by molar-refractivity contribution is 7.16. The van der Waals surface area contributed by atoms with E-state index in [4.69, 9.17) is 4.99 Å². The van der Waals surface area contributed by atoms with Crippen molar-refractivity contribution in [3.8, 4) is 11.6 Å². The molecule has 2 aromatic heterocycles. The lowest BCUT2D eigenvalue weighted by atomic mass is 9.95. The predicted octanol–water partition coefficient (Wildman–Crippen LogP) is 6.63. The van der Waals surface area contributed by atoms with E-state index in [0.717, 1.165) is 42.4 Å². The fraction of sp³-hybridized carbons (Fsp3) is 0.182. The van der Waals surface area contributed by atoms with Crippen molar-refractivity contribution in [2.45, 2.75) is 39.2 Å². The highest BCUT2D eigenvalue weighted by atomic mass is 32.1. The molecule has 1 aliphatic rings. The van der Waals surface area contributed by atoms with Gasteiger partial charge in [-0.25, -0.2) is 9.56 Å². The van der Waals surface area contributed by atoms with Gasteiger partial charge in [-0.15, -0.1) is 11.3 Å². The summed E-state index contributed by atoms with van der Waals surface area (Å²) in [4.78, 5) is 32.9. The van der Waals surface area contributed by atoms with Crippen LogP contribution in [0.15, 0.2) is 88.6 Å². The minimum Gasteiger partial charge on any atom is -0.494 e. The minimum absolute atomic E-state index is 0.144. The molecule has 3 aromatic carbocycles. The van der Waals surface area contributed by atoms with Gasteiger partial charge in [0.1, 0.15) is 5.00 Å². The quantitative estimate of drug-likeness (QED) is 0.234. The lowest BCUT2D eigenvalue weighted by molar-refractivity contribution is 0.0951. The topological polar surface area (TPSA) is 83.7 Å².